The molecule has 0 aromatic rings. The number of nitrogens with one attached hydrogen (secondary N) is 1. The summed E-state index contributed by atoms with van der Waals surface area (Å²) in [5, 5.41) is 12.5. The number of carbonyl (C=O) groups excluding carboxylic acids is 1. The molecule has 0 aliphatic carbocycles. The molecule has 4 heteroatoms. The third-order valence-electron chi connectivity index (χ3n) is 2.29. The van der Waals surface area contributed by atoms with Crippen LogP contribution in [-0.2, 0) is 0 Å². The number of amides is 2. The van der Waals surface area contributed by atoms with E-state index in [1.165, 1.54) is 0 Å². The molecular formula is C9H18N2O2. The van der Waals surface area contributed by atoms with E-state index in [1.807, 2.05) is 6.92 Å². The summed E-state index contributed by atoms with van der Waals surface area (Å²) in [5.74, 6) is 0. The number of rotatable bonds is 1. The van der Waals surface area contributed by atoms with Gasteiger partial charge < -0.3 is 15.3 Å². The zero-order valence-corrected chi connectivity index (χ0v) is 8.34. The van der Waals surface area contributed by atoms with Crippen LogP contribution >= 0.6 is 0 Å². The van der Waals surface area contributed by atoms with Crippen molar-refractivity contribution in [3.05, 3.63) is 0 Å². The van der Waals surface area contributed by atoms with Gasteiger partial charge in [-0.1, -0.05) is 0 Å². The minimum atomic E-state index is -0.705. The summed E-state index contributed by atoms with van der Waals surface area (Å²) in [6, 6.07) is -0.0672. The first-order valence-corrected chi connectivity index (χ1v) is 4.80. The first-order valence-electron chi connectivity index (χ1n) is 4.80. The number of likely N-dealkylation sites (tertiary alicyclic amines) is 1. The van der Waals surface area contributed by atoms with E-state index in [0.29, 0.717) is 13.1 Å². The van der Waals surface area contributed by atoms with Gasteiger partial charge in [0.1, 0.15) is 0 Å². The maximum Gasteiger partial charge on any atom is 0.317 e. The normalized spacial score (nSPS) is 28.7. The highest BCUT2D eigenvalue weighted by atomic mass is 16.3. The number of nitrogens with zero attached hydrogens (tertiary/aromatic N) is 1. The van der Waals surface area contributed by atoms with Crippen molar-refractivity contribution in [2.75, 3.05) is 19.6 Å². The number of urea groups is 1. The van der Waals surface area contributed by atoms with E-state index >= 15 is 0 Å². The molecule has 1 atom stereocenters. The van der Waals surface area contributed by atoms with Crippen LogP contribution < -0.4 is 5.32 Å². The Kier molecular flexibility index (Phi) is 3.14. The van der Waals surface area contributed by atoms with Gasteiger partial charge in [-0.2, -0.15) is 0 Å². The number of β-amino-alcohol motifs (C(OH)–C–C–N with tert-alkyl or cyclic N) is 1. The molecule has 4 nitrogen and oxygen atoms in total. The Morgan fingerprint density at radius 3 is 2.92 bits per heavy atom. The molecule has 0 aromatic heterocycles. The van der Waals surface area contributed by atoms with Gasteiger partial charge in [-0.05, 0) is 26.7 Å². The summed E-state index contributed by atoms with van der Waals surface area (Å²) >= 11 is 0. The third kappa shape index (κ3) is 2.88. The number of hydrogen-bond donors (Lipinski definition) is 2. The highest BCUT2D eigenvalue weighted by Crippen LogP contribution is 2.19. The Labute approximate surface area is 78.9 Å². The summed E-state index contributed by atoms with van der Waals surface area (Å²) in [5.41, 5.74) is -0.705. The van der Waals surface area contributed by atoms with Crippen molar-refractivity contribution >= 4 is 6.03 Å². The van der Waals surface area contributed by atoms with Crippen LogP contribution in [0.15, 0.2) is 0 Å². The zero-order chi connectivity index (χ0) is 9.90. The lowest BCUT2D eigenvalue weighted by Crippen LogP contribution is -2.51. The van der Waals surface area contributed by atoms with E-state index in [-0.39, 0.29) is 6.03 Å². The molecule has 1 rings (SSSR count). The first-order chi connectivity index (χ1) is 6.05. The van der Waals surface area contributed by atoms with Crippen LogP contribution in [0.3, 0.4) is 0 Å². The van der Waals surface area contributed by atoms with Crippen LogP contribution in [0, 0.1) is 0 Å². The van der Waals surface area contributed by atoms with E-state index in [1.54, 1.807) is 11.8 Å². The monoisotopic (exact) mass is 186 g/mol. The summed E-state index contributed by atoms with van der Waals surface area (Å²) in [6.45, 7) is 5.50. The van der Waals surface area contributed by atoms with Crippen molar-refractivity contribution in [2.45, 2.75) is 32.3 Å². The second kappa shape index (κ2) is 3.96. The second-order valence-electron chi connectivity index (χ2n) is 3.86. The smallest absolute Gasteiger partial charge is 0.317 e. The van der Waals surface area contributed by atoms with Crippen LogP contribution in [0.5, 0.6) is 0 Å². The Morgan fingerprint density at radius 1 is 1.69 bits per heavy atom. The molecule has 0 bridgehead atoms. The minimum Gasteiger partial charge on any atom is -0.388 e. The molecular weight excluding hydrogens is 168 g/mol. The molecule has 76 valence electrons. The third-order valence-corrected chi connectivity index (χ3v) is 2.29. The minimum absolute atomic E-state index is 0.0672. The molecule has 2 N–H and O–H groups in total. The second-order valence-corrected chi connectivity index (χ2v) is 3.86. The molecule has 1 fully saturated rings. The van der Waals surface area contributed by atoms with Gasteiger partial charge in [-0.15, -0.1) is 0 Å². The molecule has 0 radical (unpaired) electrons. The number of piperidine rings is 1. The van der Waals surface area contributed by atoms with Gasteiger partial charge in [-0.25, -0.2) is 4.79 Å². The largest absolute Gasteiger partial charge is 0.388 e. The molecule has 1 aliphatic heterocycles. The fourth-order valence-corrected chi connectivity index (χ4v) is 1.66. The summed E-state index contributed by atoms with van der Waals surface area (Å²) < 4.78 is 0. The maximum absolute atomic E-state index is 11.4. The fourth-order valence-electron chi connectivity index (χ4n) is 1.66. The van der Waals surface area contributed by atoms with Gasteiger partial charge in [-0.3, -0.25) is 0 Å². The Morgan fingerprint density at radius 2 is 2.38 bits per heavy atom. The molecule has 1 saturated heterocycles. The van der Waals surface area contributed by atoms with E-state index in [4.69, 9.17) is 0 Å². The van der Waals surface area contributed by atoms with Crippen molar-refractivity contribution < 1.29 is 9.90 Å². The lowest BCUT2D eigenvalue weighted by atomic mass is 9.95. The summed E-state index contributed by atoms with van der Waals surface area (Å²) in [6.07, 6.45) is 1.66. The van der Waals surface area contributed by atoms with Crippen LogP contribution in [0.1, 0.15) is 26.7 Å². The quantitative estimate of drug-likeness (QED) is 0.628. The van der Waals surface area contributed by atoms with Crippen molar-refractivity contribution in [1.29, 1.82) is 0 Å². The fraction of sp³-hybridized carbons (Fsp3) is 0.889. The van der Waals surface area contributed by atoms with Crippen LogP contribution in [0.25, 0.3) is 0 Å². The topological polar surface area (TPSA) is 52.6 Å². The van der Waals surface area contributed by atoms with E-state index in [2.05, 4.69) is 5.32 Å². The molecule has 1 unspecified atom stereocenters. The highest BCUT2D eigenvalue weighted by Gasteiger charge is 2.30. The maximum atomic E-state index is 11.4. The van der Waals surface area contributed by atoms with E-state index in [0.717, 1.165) is 19.4 Å². The standard InChI is InChI=1S/C9H18N2O2/c1-3-10-8(12)11-6-4-5-9(2,13)7-11/h13H,3-7H2,1-2H3,(H,10,12). The molecule has 13 heavy (non-hydrogen) atoms. The van der Waals surface area contributed by atoms with Gasteiger partial charge in [0, 0.05) is 13.1 Å². The SMILES string of the molecule is CCNC(=O)N1CCCC(C)(O)C1. The average Bonchev–Trinajstić information content (AvgIpc) is 2.03. The van der Waals surface area contributed by atoms with E-state index < -0.39 is 5.60 Å². The van der Waals surface area contributed by atoms with E-state index in [9.17, 15) is 9.90 Å². The van der Waals surface area contributed by atoms with Crippen molar-refractivity contribution in [3.63, 3.8) is 0 Å². The highest BCUT2D eigenvalue weighted by molar-refractivity contribution is 5.74. The average molecular weight is 186 g/mol. The van der Waals surface area contributed by atoms with Gasteiger partial charge in [0.25, 0.3) is 0 Å². The molecule has 2 amide bonds. The molecule has 0 saturated carbocycles. The zero-order valence-electron chi connectivity index (χ0n) is 8.34. The lowest BCUT2D eigenvalue weighted by Gasteiger charge is -2.36. The first kappa shape index (κ1) is 10.3. The lowest BCUT2D eigenvalue weighted by molar-refractivity contribution is -0.00241. The Hall–Kier alpha value is -0.770. The van der Waals surface area contributed by atoms with Crippen LogP contribution in [0.2, 0.25) is 0 Å². The van der Waals surface area contributed by atoms with Crippen molar-refractivity contribution in [3.8, 4) is 0 Å². The van der Waals surface area contributed by atoms with Gasteiger partial charge in [0.2, 0.25) is 0 Å². The predicted octanol–water partition coefficient (Wildman–Crippen LogP) is 0.563. The molecule has 1 heterocycles. The molecule has 1 aliphatic rings. The molecule has 0 spiro atoms. The van der Waals surface area contributed by atoms with Gasteiger partial charge in [0.05, 0.1) is 12.1 Å². The van der Waals surface area contributed by atoms with Gasteiger partial charge in [0.15, 0.2) is 0 Å². The van der Waals surface area contributed by atoms with Crippen LogP contribution in [-0.4, -0.2) is 41.3 Å². The van der Waals surface area contributed by atoms with Crippen LogP contribution in [0.4, 0.5) is 4.79 Å². The Balaban J connectivity index is 2.47. The summed E-state index contributed by atoms with van der Waals surface area (Å²) in [4.78, 5) is 13.1. The number of aliphatic hydroxyl groups is 1. The molecule has 0 aromatic carbocycles. The Bertz CT molecular complexity index is 192. The van der Waals surface area contributed by atoms with Gasteiger partial charge >= 0.3 is 6.03 Å². The summed E-state index contributed by atoms with van der Waals surface area (Å²) in [7, 11) is 0. The number of hydrogen-bond acceptors (Lipinski definition) is 2. The van der Waals surface area contributed by atoms with Crippen molar-refractivity contribution in [1.82, 2.24) is 10.2 Å². The number of carbonyl (C=O) groups is 1. The predicted molar refractivity (Wildman–Crippen MR) is 50.5 cm³/mol. The van der Waals surface area contributed by atoms with Crippen molar-refractivity contribution in [2.24, 2.45) is 0 Å².